The van der Waals surface area contributed by atoms with Crippen LogP contribution >= 0.6 is 0 Å². The van der Waals surface area contributed by atoms with Gasteiger partial charge in [-0.1, -0.05) is 13.0 Å². The van der Waals surface area contributed by atoms with E-state index in [0.29, 0.717) is 13.0 Å². The quantitative estimate of drug-likeness (QED) is 0.886. The van der Waals surface area contributed by atoms with E-state index in [1.807, 2.05) is 25.1 Å². The molecule has 1 fully saturated rings. The number of nitrogens with one attached hydrogen (secondary N) is 1. The lowest BCUT2D eigenvalue weighted by molar-refractivity contribution is -0.154. The number of pyridine rings is 1. The average molecular weight is 261 g/mol. The van der Waals surface area contributed by atoms with Gasteiger partial charge in [0.05, 0.1) is 12.2 Å². The Balaban J connectivity index is 2.26. The molecule has 0 aliphatic carbocycles. The maximum absolute atomic E-state index is 12.5. The highest BCUT2D eigenvalue weighted by Gasteiger charge is 2.45. The van der Waals surface area contributed by atoms with Gasteiger partial charge in [0, 0.05) is 6.20 Å². The Hall–Kier alpha value is -1.91. The summed E-state index contributed by atoms with van der Waals surface area (Å²) in [5.41, 5.74) is -0.0193. The van der Waals surface area contributed by atoms with E-state index < -0.39 is 11.6 Å². The number of carbonyl (C=O) groups excluding carboxylic acids is 2. The predicted octanol–water partition coefficient (Wildman–Crippen LogP) is 1.10. The van der Waals surface area contributed by atoms with Gasteiger partial charge < -0.3 is 10.2 Å². The number of amides is 2. The summed E-state index contributed by atoms with van der Waals surface area (Å²) in [7, 11) is 0. The van der Waals surface area contributed by atoms with Crippen LogP contribution in [0.15, 0.2) is 24.4 Å². The highest BCUT2D eigenvalue weighted by Crippen LogP contribution is 2.22. The SMILES string of the molecule is CCC1(C)NC(=O)C(C)N(Cc2ccccn2)C1=O. The van der Waals surface area contributed by atoms with E-state index in [4.69, 9.17) is 0 Å². The Morgan fingerprint density at radius 1 is 1.42 bits per heavy atom. The smallest absolute Gasteiger partial charge is 0.249 e. The van der Waals surface area contributed by atoms with Crippen molar-refractivity contribution in [3.05, 3.63) is 30.1 Å². The molecule has 5 nitrogen and oxygen atoms in total. The molecule has 2 heterocycles. The first-order chi connectivity index (χ1) is 8.98. The van der Waals surface area contributed by atoms with Crippen LogP contribution in [0.1, 0.15) is 32.9 Å². The van der Waals surface area contributed by atoms with Gasteiger partial charge >= 0.3 is 0 Å². The topological polar surface area (TPSA) is 62.3 Å². The zero-order valence-corrected chi connectivity index (χ0v) is 11.5. The molecule has 2 atom stereocenters. The maximum Gasteiger partial charge on any atom is 0.249 e. The maximum atomic E-state index is 12.5. The van der Waals surface area contributed by atoms with E-state index in [9.17, 15) is 9.59 Å². The van der Waals surface area contributed by atoms with Gasteiger partial charge in [0.1, 0.15) is 11.6 Å². The highest BCUT2D eigenvalue weighted by atomic mass is 16.2. The Morgan fingerprint density at radius 3 is 2.74 bits per heavy atom. The summed E-state index contributed by atoms with van der Waals surface area (Å²) in [5, 5.41) is 2.81. The van der Waals surface area contributed by atoms with Crippen LogP contribution in [-0.2, 0) is 16.1 Å². The Kier molecular flexibility index (Phi) is 3.55. The van der Waals surface area contributed by atoms with Crippen molar-refractivity contribution in [3.63, 3.8) is 0 Å². The minimum absolute atomic E-state index is 0.0484. The summed E-state index contributed by atoms with van der Waals surface area (Å²) in [4.78, 5) is 30.3. The molecular formula is C14H19N3O2. The second-order valence-electron chi connectivity index (χ2n) is 5.11. The molecule has 1 N–H and O–H groups in total. The highest BCUT2D eigenvalue weighted by molar-refractivity contribution is 5.99. The molecule has 19 heavy (non-hydrogen) atoms. The molecule has 102 valence electrons. The first kappa shape index (κ1) is 13.5. The van der Waals surface area contributed by atoms with Crippen molar-refractivity contribution < 1.29 is 9.59 Å². The number of hydrogen-bond donors (Lipinski definition) is 1. The Morgan fingerprint density at radius 2 is 2.16 bits per heavy atom. The number of carbonyl (C=O) groups is 2. The van der Waals surface area contributed by atoms with Crippen molar-refractivity contribution in [1.82, 2.24) is 15.2 Å². The number of hydrogen-bond acceptors (Lipinski definition) is 3. The molecule has 2 rings (SSSR count). The fraction of sp³-hybridized carbons (Fsp3) is 0.500. The van der Waals surface area contributed by atoms with Crippen molar-refractivity contribution >= 4 is 11.8 Å². The van der Waals surface area contributed by atoms with Crippen molar-refractivity contribution in [1.29, 1.82) is 0 Å². The van der Waals surface area contributed by atoms with Gasteiger partial charge in [-0.15, -0.1) is 0 Å². The minimum atomic E-state index is -0.807. The average Bonchev–Trinajstić information content (AvgIpc) is 2.42. The van der Waals surface area contributed by atoms with E-state index in [-0.39, 0.29) is 11.8 Å². The molecule has 0 saturated carbocycles. The number of piperazine rings is 1. The van der Waals surface area contributed by atoms with Gasteiger partial charge in [0.2, 0.25) is 11.8 Å². The molecular weight excluding hydrogens is 242 g/mol. The van der Waals surface area contributed by atoms with Gasteiger partial charge in [-0.2, -0.15) is 0 Å². The molecule has 2 amide bonds. The van der Waals surface area contributed by atoms with Crippen LogP contribution in [0.25, 0.3) is 0 Å². The molecule has 0 spiro atoms. The Bertz CT molecular complexity index is 489. The molecule has 0 aromatic carbocycles. The first-order valence-corrected chi connectivity index (χ1v) is 6.51. The van der Waals surface area contributed by atoms with Gasteiger partial charge in [-0.3, -0.25) is 14.6 Å². The standard InChI is InChI=1S/C14H19N3O2/c1-4-14(3)13(19)17(10(2)12(18)16-14)9-11-7-5-6-8-15-11/h5-8,10H,4,9H2,1-3H3,(H,16,18). The zero-order chi connectivity index (χ0) is 14.0. The molecule has 1 aromatic rings. The molecule has 1 aromatic heterocycles. The van der Waals surface area contributed by atoms with E-state index in [1.165, 1.54) is 0 Å². The Labute approximate surface area is 113 Å². The second kappa shape index (κ2) is 4.99. The van der Waals surface area contributed by atoms with Crippen molar-refractivity contribution in [3.8, 4) is 0 Å². The second-order valence-corrected chi connectivity index (χ2v) is 5.11. The number of rotatable bonds is 3. The molecule has 2 unspecified atom stereocenters. The lowest BCUT2D eigenvalue weighted by Crippen LogP contribution is -2.68. The van der Waals surface area contributed by atoms with Crippen LogP contribution < -0.4 is 5.32 Å². The van der Waals surface area contributed by atoms with E-state index in [1.54, 1.807) is 24.9 Å². The largest absolute Gasteiger partial charge is 0.340 e. The summed E-state index contributed by atoms with van der Waals surface area (Å²) in [6.45, 7) is 5.77. The lowest BCUT2D eigenvalue weighted by Gasteiger charge is -2.42. The first-order valence-electron chi connectivity index (χ1n) is 6.51. The van der Waals surface area contributed by atoms with Crippen LogP contribution in [0.5, 0.6) is 0 Å². The van der Waals surface area contributed by atoms with Crippen molar-refractivity contribution in [2.75, 3.05) is 0 Å². The summed E-state index contributed by atoms with van der Waals surface area (Å²) in [5.74, 6) is -0.160. The van der Waals surface area contributed by atoms with Crippen molar-refractivity contribution in [2.24, 2.45) is 0 Å². The van der Waals surface area contributed by atoms with Gasteiger partial charge in [-0.25, -0.2) is 0 Å². The summed E-state index contributed by atoms with van der Waals surface area (Å²) in [6, 6.07) is 5.10. The number of aromatic nitrogens is 1. The zero-order valence-electron chi connectivity index (χ0n) is 11.5. The van der Waals surface area contributed by atoms with Crippen LogP contribution in [0.3, 0.4) is 0 Å². The molecule has 1 aliphatic rings. The predicted molar refractivity (Wildman–Crippen MR) is 71.1 cm³/mol. The molecule has 1 aliphatic heterocycles. The third-order valence-electron chi connectivity index (χ3n) is 3.74. The monoisotopic (exact) mass is 261 g/mol. The fourth-order valence-electron chi connectivity index (χ4n) is 2.18. The van der Waals surface area contributed by atoms with Crippen LogP contribution in [0.4, 0.5) is 0 Å². The molecule has 1 saturated heterocycles. The van der Waals surface area contributed by atoms with E-state index in [2.05, 4.69) is 10.3 Å². The molecule has 0 bridgehead atoms. The van der Waals surface area contributed by atoms with Gasteiger partial charge in [-0.05, 0) is 32.4 Å². The van der Waals surface area contributed by atoms with Crippen molar-refractivity contribution in [2.45, 2.75) is 45.3 Å². The lowest BCUT2D eigenvalue weighted by atomic mass is 9.92. The third kappa shape index (κ3) is 2.45. The molecule has 5 heteroatoms. The fourth-order valence-corrected chi connectivity index (χ4v) is 2.18. The third-order valence-corrected chi connectivity index (χ3v) is 3.74. The molecule has 0 radical (unpaired) electrons. The van der Waals surface area contributed by atoms with Gasteiger partial charge in [0.15, 0.2) is 0 Å². The minimum Gasteiger partial charge on any atom is -0.340 e. The number of nitrogens with zero attached hydrogens (tertiary/aromatic N) is 2. The van der Waals surface area contributed by atoms with Crippen LogP contribution in [0, 0.1) is 0 Å². The summed E-state index contributed by atoms with van der Waals surface area (Å²) < 4.78 is 0. The summed E-state index contributed by atoms with van der Waals surface area (Å²) >= 11 is 0. The van der Waals surface area contributed by atoms with Gasteiger partial charge in [0.25, 0.3) is 0 Å². The van der Waals surface area contributed by atoms with E-state index >= 15 is 0 Å². The van der Waals surface area contributed by atoms with Crippen LogP contribution in [-0.4, -0.2) is 33.3 Å². The van der Waals surface area contributed by atoms with Crippen LogP contribution in [0.2, 0.25) is 0 Å². The normalized spacial score (nSPS) is 27.3. The summed E-state index contributed by atoms with van der Waals surface area (Å²) in [6.07, 6.45) is 2.26. The van der Waals surface area contributed by atoms with E-state index in [0.717, 1.165) is 5.69 Å².